The van der Waals surface area contributed by atoms with Crippen LogP contribution in [0.2, 0.25) is 0 Å². The monoisotopic (exact) mass is 402 g/mol. The number of thiophene rings is 1. The second-order valence-corrected chi connectivity index (χ2v) is 11.0. The van der Waals surface area contributed by atoms with E-state index in [1.54, 1.807) is 0 Å². The SMILES string of the molecule is NCc1cc(S(=O)(=O)NC2CCCS(=O)(=O)C2)c(Br)s1. The van der Waals surface area contributed by atoms with Gasteiger partial charge in [-0.05, 0) is 34.8 Å². The maximum Gasteiger partial charge on any atom is 0.242 e. The Balaban J connectivity index is 2.20. The van der Waals surface area contributed by atoms with Gasteiger partial charge < -0.3 is 5.73 Å². The number of hydrogen-bond donors (Lipinski definition) is 2. The van der Waals surface area contributed by atoms with Crippen molar-refractivity contribution in [1.82, 2.24) is 4.72 Å². The average molecular weight is 403 g/mol. The number of rotatable bonds is 4. The van der Waals surface area contributed by atoms with Crippen molar-refractivity contribution in [3.63, 3.8) is 0 Å². The summed E-state index contributed by atoms with van der Waals surface area (Å²) in [5, 5.41) is 0. The Kier molecular flexibility index (Phi) is 4.92. The van der Waals surface area contributed by atoms with E-state index in [1.807, 2.05) is 0 Å². The molecule has 1 aliphatic rings. The van der Waals surface area contributed by atoms with E-state index in [1.165, 1.54) is 17.4 Å². The van der Waals surface area contributed by atoms with Crippen molar-refractivity contribution in [3.8, 4) is 0 Å². The van der Waals surface area contributed by atoms with Crippen LogP contribution in [0.1, 0.15) is 17.7 Å². The van der Waals surface area contributed by atoms with Crippen LogP contribution >= 0.6 is 27.3 Å². The van der Waals surface area contributed by atoms with Crippen LogP contribution in [0.15, 0.2) is 14.7 Å². The summed E-state index contributed by atoms with van der Waals surface area (Å²) in [6.07, 6.45) is 1.01. The molecule has 114 valence electrons. The van der Waals surface area contributed by atoms with Crippen molar-refractivity contribution in [2.75, 3.05) is 11.5 Å². The Bertz CT molecular complexity index is 696. The maximum atomic E-state index is 12.3. The molecule has 1 atom stereocenters. The first-order valence-corrected chi connectivity index (χ1v) is 10.9. The summed E-state index contributed by atoms with van der Waals surface area (Å²) < 4.78 is 50.6. The maximum absolute atomic E-state index is 12.3. The van der Waals surface area contributed by atoms with Crippen molar-refractivity contribution in [1.29, 1.82) is 0 Å². The van der Waals surface area contributed by atoms with Gasteiger partial charge in [-0.1, -0.05) is 0 Å². The number of hydrogen-bond acceptors (Lipinski definition) is 6. The first kappa shape index (κ1) is 16.4. The normalized spacial score (nSPS) is 22.8. The van der Waals surface area contributed by atoms with E-state index < -0.39 is 25.9 Å². The first-order chi connectivity index (χ1) is 9.23. The number of sulfonamides is 1. The van der Waals surface area contributed by atoms with Gasteiger partial charge in [-0.2, -0.15) is 0 Å². The smallest absolute Gasteiger partial charge is 0.242 e. The van der Waals surface area contributed by atoms with Crippen molar-refractivity contribution < 1.29 is 16.8 Å². The molecule has 0 saturated carbocycles. The molecule has 2 heterocycles. The summed E-state index contributed by atoms with van der Waals surface area (Å²) in [4.78, 5) is 0.861. The third kappa shape index (κ3) is 3.80. The first-order valence-electron chi connectivity index (χ1n) is 5.94. The van der Waals surface area contributed by atoms with Gasteiger partial charge in [0.25, 0.3) is 0 Å². The molecule has 10 heteroatoms. The number of sulfone groups is 1. The second-order valence-electron chi connectivity index (χ2n) is 4.63. The van der Waals surface area contributed by atoms with Crippen molar-refractivity contribution in [2.24, 2.45) is 5.73 Å². The Morgan fingerprint density at radius 3 is 2.75 bits per heavy atom. The van der Waals surface area contributed by atoms with Gasteiger partial charge in [-0.25, -0.2) is 21.6 Å². The molecule has 20 heavy (non-hydrogen) atoms. The van der Waals surface area contributed by atoms with E-state index in [0.717, 1.165) is 4.88 Å². The second kappa shape index (κ2) is 6.01. The van der Waals surface area contributed by atoms with E-state index in [4.69, 9.17) is 5.73 Å². The molecule has 0 amide bonds. The van der Waals surface area contributed by atoms with Gasteiger partial charge in [0.15, 0.2) is 9.84 Å². The number of halogens is 1. The minimum absolute atomic E-state index is 0.117. The molecule has 1 aromatic rings. The van der Waals surface area contributed by atoms with Crippen LogP contribution in [0.3, 0.4) is 0 Å². The predicted octanol–water partition coefficient (Wildman–Crippen LogP) is 0.825. The van der Waals surface area contributed by atoms with Crippen LogP contribution in [0.5, 0.6) is 0 Å². The average Bonchev–Trinajstić information content (AvgIpc) is 2.69. The Labute approximate surface area is 130 Å². The van der Waals surface area contributed by atoms with E-state index >= 15 is 0 Å². The van der Waals surface area contributed by atoms with Crippen LogP contribution in [-0.4, -0.2) is 34.4 Å². The molecule has 1 aliphatic heterocycles. The zero-order valence-electron chi connectivity index (χ0n) is 10.5. The molecule has 0 spiro atoms. The highest BCUT2D eigenvalue weighted by Gasteiger charge is 2.30. The van der Waals surface area contributed by atoms with Gasteiger partial charge in [0.1, 0.15) is 4.90 Å². The van der Waals surface area contributed by atoms with E-state index in [2.05, 4.69) is 20.7 Å². The van der Waals surface area contributed by atoms with Crippen molar-refractivity contribution >= 4 is 47.1 Å². The van der Waals surface area contributed by atoms with Gasteiger partial charge in [0.05, 0.1) is 15.3 Å². The molecular formula is C10H15BrN2O4S3. The molecular weight excluding hydrogens is 388 g/mol. The Morgan fingerprint density at radius 2 is 2.20 bits per heavy atom. The predicted molar refractivity (Wildman–Crippen MR) is 81.9 cm³/mol. The molecule has 0 radical (unpaired) electrons. The third-order valence-electron chi connectivity index (χ3n) is 2.98. The fraction of sp³-hybridized carbons (Fsp3) is 0.600. The fourth-order valence-corrected chi connectivity index (χ4v) is 7.65. The number of nitrogens with one attached hydrogen (secondary N) is 1. The molecule has 3 N–H and O–H groups in total. The van der Waals surface area contributed by atoms with Crippen LogP contribution in [0, 0.1) is 0 Å². The molecule has 1 aromatic heterocycles. The van der Waals surface area contributed by atoms with Gasteiger partial charge in [-0.15, -0.1) is 11.3 Å². The van der Waals surface area contributed by atoms with E-state index in [9.17, 15) is 16.8 Å². The third-order valence-corrected chi connectivity index (χ3v) is 8.60. The van der Waals surface area contributed by atoms with Gasteiger partial charge in [-0.3, -0.25) is 0 Å². The number of nitrogens with two attached hydrogens (primary N) is 1. The van der Waals surface area contributed by atoms with Crippen LogP contribution < -0.4 is 10.5 Å². The quantitative estimate of drug-likeness (QED) is 0.775. The molecule has 6 nitrogen and oxygen atoms in total. The summed E-state index contributed by atoms with van der Waals surface area (Å²) in [5.41, 5.74) is 5.49. The summed E-state index contributed by atoms with van der Waals surface area (Å²) in [5.74, 6) is -0.0115. The summed E-state index contributed by atoms with van der Waals surface area (Å²) >= 11 is 4.46. The lowest BCUT2D eigenvalue weighted by Crippen LogP contribution is -2.43. The van der Waals surface area contributed by atoms with Crippen LogP contribution in [0.4, 0.5) is 0 Å². The van der Waals surface area contributed by atoms with Crippen LogP contribution in [0.25, 0.3) is 0 Å². The Hall–Kier alpha value is -0.000000000000000194. The lowest BCUT2D eigenvalue weighted by atomic mass is 10.2. The minimum Gasteiger partial charge on any atom is -0.326 e. The highest BCUT2D eigenvalue weighted by Crippen LogP contribution is 2.31. The molecule has 2 rings (SSSR count). The molecule has 0 aliphatic carbocycles. The van der Waals surface area contributed by atoms with Crippen molar-refractivity contribution in [2.45, 2.75) is 30.3 Å². The molecule has 0 aromatic carbocycles. The molecule has 1 unspecified atom stereocenters. The topological polar surface area (TPSA) is 106 Å². The van der Waals surface area contributed by atoms with Gasteiger partial charge in [0, 0.05) is 17.5 Å². The molecule has 1 fully saturated rings. The highest BCUT2D eigenvalue weighted by molar-refractivity contribution is 9.11. The highest BCUT2D eigenvalue weighted by atomic mass is 79.9. The Morgan fingerprint density at radius 1 is 1.50 bits per heavy atom. The molecule has 1 saturated heterocycles. The van der Waals surface area contributed by atoms with Gasteiger partial charge in [0.2, 0.25) is 10.0 Å². The van der Waals surface area contributed by atoms with E-state index in [0.29, 0.717) is 16.6 Å². The van der Waals surface area contributed by atoms with E-state index in [-0.39, 0.29) is 22.9 Å². The van der Waals surface area contributed by atoms with Crippen molar-refractivity contribution in [3.05, 3.63) is 14.7 Å². The molecule has 0 bridgehead atoms. The summed E-state index contributed by atoms with van der Waals surface area (Å²) in [6, 6.07) is 0.945. The van der Waals surface area contributed by atoms with Gasteiger partial charge >= 0.3 is 0 Å². The standard InChI is InChI=1S/C10H15BrN2O4S3/c11-10-9(4-8(5-12)18-10)20(16,17)13-7-2-1-3-19(14,15)6-7/h4,7,13H,1-3,5-6,12H2. The lowest BCUT2D eigenvalue weighted by molar-refractivity contribution is 0.517. The summed E-state index contributed by atoms with van der Waals surface area (Å²) in [7, 11) is -6.89. The van der Waals surface area contributed by atoms with Crippen LogP contribution in [-0.2, 0) is 26.4 Å². The zero-order valence-corrected chi connectivity index (χ0v) is 14.5. The zero-order chi connectivity index (χ0) is 15.0. The minimum atomic E-state index is -3.74. The largest absolute Gasteiger partial charge is 0.326 e. The lowest BCUT2D eigenvalue weighted by Gasteiger charge is -2.22. The fourth-order valence-electron chi connectivity index (χ4n) is 2.08. The summed E-state index contributed by atoms with van der Waals surface area (Å²) in [6.45, 7) is 0.261.